The lowest BCUT2D eigenvalue weighted by molar-refractivity contribution is -0.141. The van der Waals surface area contributed by atoms with Gasteiger partial charge in [0.15, 0.2) is 0 Å². The molecule has 0 aliphatic carbocycles. The van der Waals surface area contributed by atoms with Gasteiger partial charge in [0.05, 0.1) is 12.0 Å². The summed E-state index contributed by atoms with van der Waals surface area (Å²) in [7, 11) is 1.24. The third kappa shape index (κ3) is 2.27. The fourth-order valence-corrected chi connectivity index (χ4v) is 0.957. The first-order valence-electron chi connectivity index (χ1n) is 3.26. The maximum Gasteiger partial charge on any atom is 0.433 e. The topological polar surface area (TPSA) is 22.1 Å². The van der Waals surface area contributed by atoms with Crippen molar-refractivity contribution < 1.29 is 17.9 Å². The van der Waals surface area contributed by atoms with E-state index in [0.29, 0.717) is 0 Å². The first kappa shape index (κ1) is 10.2. The number of aromatic nitrogens is 1. The van der Waals surface area contributed by atoms with Crippen LogP contribution in [0.1, 0.15) is 5.69 Å². The van der Waals surface area contributed by atoms with E-state index in [-0.39, 0.29) is 10.8 Å². The van der Waals surface area contributed by atoms with E-state index in [2.05, 4.69) is 22.3 Å². The zero-order valence-electron chi connectivity index (χ0n) is 6.59. The van der Waals surface area contributed by atoms with Gasteiger partial charge in [-0.1, -0.05) is 0 Å². The minimum Gasteiger partial charge on any atom is -0.480 e. The van der Waals surface area contributed by atoms with Crippen LogP contribution in [0.5, 0.6) is 5.88 Å². The van der Waals surface area contributed by atoms with Crippen molar-refractivity contribution in [2.45, 2.75) is 11.1 Å². The van der Waals surface area contributed by atoms with Crippen LogP contribution in [-0.4, -0.2) is 12.1 Å². The maximum atomic E-state index is 12.1. The minimum absolute atomic E-state index is 0.127. The largest absolute Gasteiger partial charge is 0.480 e. The third-order valence-electron chi connectivity index (χ3n) is 1.32. The Balaban J connectivity index is 3.14. The predicted octanol–water partition coefficient (Wildman–Crippen LogP) is 2.40. The van der Waals surface area contributed by atoms with Crippen LogP contribution in [0.3, 0.4) is 0 Å². The Morgan fingerprint density at radius 2 is 2.00 bits per heavy atom. The SMILES string of the molecule is COc1nc(C(F)(F)F)ccc1S. The smallest absolute Gasteiger partial charge is 0.433 e. The summed E-state index contributed by atoms with van der Waals surface area (Å²) in [5.74, 6) is -0.127. The summed E-state index contributed by atoms with van der Waals surface area (Å²) in [6, 6.07) is 2.04. The fraction of sp³-hybridized carbons (Fsp3) is 0.286. The summed E-state index contributed by atoms with van der Waals surface area (Å²) in [5, 5.41) is 0. The maximum absolute atomic E-state index is 12.1. The van der Waals surface area contributed by atoms with Gasteiger partial charge in [0.2, 0.25) is 5.88 Å². The Bertz CT molecular complexity index is 313. The molecule has 72 valence electrons. The Kier molecular flexibility index (Phi) is 2.70. The number of thiol groups is 1. The van der Waals surface area contributed by atoms with E-state index in [1.165, 1.54) is 13.2 Å². The van der Waals surface area contributed by atoms with Gasteiger partial charge < -0.3 is 4.74 Å². The summed E-state index contributed by atoms with van der Waals surface area (Å²) in [4.78, 5) is 3.51. The number of alkyl halides is 3. The van der Waals surface area contributed by atoms with Gasteiger partial charge in [0.25, 0.3) is 0 Å². The molecule has 0 bridgehead atoms. The van der Waals surface area contributed by atoms with Gasteiger partial charge >= 0.3 is 6.18 Å². The molecule has 2 nitrogen and oxygen atoms in total. The molecule has 0 aromatic carbocycles. The number of nitrogens with zero attached hydrogens (tertiary/aromatic N) is 1. The van der Waals surface area contributed by atoms with Crippen LogP contribution in [0.25, 0.3) is 0 Å². The molecule has 0 saturated carbocycles. The van der Waals surface area contributed by atoms with E-state index < -0.39 is 11.9 Å². The van der Waals surface area contributed by atoms with E-state index >= 15 is 0 Å². The molecule has 1 aromatic rings. The van der Waals surface area contributed by atoms with Crippen LogP contribution in [0.15, 0.2) is 17.0 Å². The molecule has 6 heteroatoms. The van der Waals surface area contributed by atoms with Crippen LogP contribution >= 0.6 is 12.6 Å². The second-order valence-electron chi connectivity index (χ2n) is 2.22. The van der Waals surface area contributed by atoms with Gasteiger partial charge in [-0.2, -0.15) is 13.2 Å². The molecule has 0 unspecified atom stereocenters. The molecule has 1 rings (SSSR count). The molecule has 0 N–H and O–H groups in total. The average Bonchev–Trinajstić information content (AvgIpc) is 2.03. The zero-order chi connectivity index (χ0) is 10.1. The van der Waals surface area contributed by atoms with Crippen LogP contribution < -0.4 is 4.74 Å². The molecule has 13 heavy (non-hydrogen) atoms. The number of halogens is 3. The molecule has 0 aliphatic heterocycles. The second-order valence-corrected chi connectivity index (χ2v) is 2.70. The monoisotopic (exact) mass is 209 g/mol. The molecule has 0 atom stereocenters. The van der Waals surface area contributed by atoms with Crippen LogP contribution in [0, 0.1) is 0 Å². The van der Waals surface area contributed by atoms with Crippen molar-refractivity contribution in [2.75, 3.05) is 7.11 Å². The molecular weight excluding hydrogens is 203 g/mol. The van der Waals surface area contributed by atoms with Gasteiger partial charge in [-0.3, -0.25) is 0 Å². The van der Waals surface area contributed by atoms with Gasteiger partial charge in [0.1, 0.15) is 5.69 Å². The molecule has 1 heterocycles. The standard InChI is InChI=1S/C7H6F3NOS/c1-12-6-4(13)2-3-5(11-6)7(8,9)10/h2-3,13H,1H3. The predicted molar refractivity (Wildman–Crippen MR) is 43.0 cm³/mol. The Morgan fingerprint density at radius 1 is 1.38 bits per heavy atom. The average molecular weight is 209 g/mol. The lowest BCUT2D eigenvalue weighted by atomic mass is 10.3. The molecule has 0 fully saturated rings. The number of rotatable bonds is 1. The summed E-state index contributed by atoms with van der Waals surface area (Å²) in [6.07, 6.45) is -4.45. The fourth-order valence-electron chi connectivity index (χ4n) is 0.741. The summed E-state index contributed by atoms with van der Waals surface area (Å²) >= 11 is 3.87. The molecule has 0 aliphatic rings. The van der Waals surface area contributed by atoms with E-state index in [9.17, 15) is 13.2 Å². The van der Waals surface area contributed by atoms with E-state index in [1.807, 2.05) is 0 Å². The van der Waals surface area contributed by atoms with Crippen LogP contribution in [0.2, 0.25) is 0 Å². The van der Waals surface area contributed by atoms with E-state index in [0.717, 1.165) is 6.07 Å². The van der Waals surface area contributed by atoms with E-state index in [4.69, 9.17) is 0 Å². The third-order valence-corrected chi connectivity index (χ3v) is 1.66. The van der Waals surface area contributed by atoms with Crippen molar-refractivity contribution in [3.63, 3.8) is 0 Å². The van der Waals surface area contributed by atoms with E-state index in [1.54, 1.807) is 0 Å². The van der Waals surface area contributed by atoms with Gasteiger partial charge in [-0.15, -0.1) is 12.6 Å². The van der Waals surface area contributed by atoms with Crippen LogP contribution in [-0.2, 0) is 6.18 Å². The molecular formula is C7H6F3NOS. The van der Waals surface area contributed by atoms with Crippen LogP contribution in [0.4, 0.5) is 13.2 Å². The molecule has 0 amide bonds. The second kappa shape index (κ2) is 3.45. The lowest BCUT2D eigenvalue weighted by Crippen LogP contribution is -2.08. The molecule has 1 aromatic heterocycles. The summed E-state index contributed by atoms with van der Waals surface area (Å²) < 4.78 is 40.9. The number of ether oxygens (including phenoxy) is 1. The summed E-state index contributed by atoms with van der Waals surface area (Å²) in [6.45, 7) is 0. The number of hydrogen-bond donors (Lipinski definition) is 1. The van der Waals surface area contributed by atoms with Crippen molar-refractivity contribution >= 4 is 12.6 Å². The highest BCUT2D eigenvalue weighted by atomic mass is 32.1. The molecule has 0 radical (unpaired) electrons. The number of methoxy groups -OCH3 is 1. The number of hydrogen-bond acceptors (Lipinski definition) is 3. The highest BCUT2D eigenvalue weighted by molar-refractivity contribution is 7.80. The Morgan fingerprint density at radius 3 is 2.46 bits per heavy atom. The van der Waals surface area contributed by atoms with Gasteiger partial charge in [-0.25, -0.2) is 4.98 Å². The van der Waals surface area contributed by atoms with Crippen molar-refractivity contribution in [3.8, 4) is 5.88 Å². The highest BCUT2D eigenvalue weighted by Crippen LogP contribution is 2.30. The Hall–Kier alpha value is -0.910. The summed E-state index contributed by atoms with van der Waals surface area (Å²) in [5.41, 5.74) is -0.984. The van der Waals surface area contributed by atoms with Crippen molar-refractivity contribution in [3.05, 3.63) is 17.8 Å². The number of pyridine rings is 1. The van der Waals surface area contributed by atoms with Gasteiger partial charge in [-0.05, 0) is 12.1 Å². The zero-order valence-corrected chi connectivity index (χ0v) is 7.49. The minimum atomic E-state index is -4.45. The van der Waals surface area contributed by atoms with Gasteiger partial charge in [0, 0.05) is 0 Å². The molecule has 0 saturated heterocycles. The first-order chi connectivity index (χ1) is 5.95. The Labute approximate surface area is 78.1 Å². The van der Waals surface area contributed by atoms with Crippen molar-refractivity contribution in [1.29, 1.82) is 0 Å². The van der Waals surface area contributed by atoms with Crippen molar-refractivity contribution in [1.82, 2.24) is 4.98 Å². The highest BCUT2D eigenvalue weighted by Gasteiger charge is 2.33. The first-order valence-corrected chi connectivity index (χ1v) is 3.71. The quantitative estimate of drug-likeness (QED) is 0.717. The lowest BCUT2D eigenvalue weighted by Gasteiger charge is -2.08. The normalized spacial score (nSPS) is 11.5. The van der Waals surface area contributed by atoms with Crippen molar-refractivity contribution in [2.24, 2.45) is 0 Å². The molecule has 0 spiro atoms.